The molecule has 4 nitrogen and oxygen atoms in total. The molecule has 110 valence electrons. The molecule has 1 atom stereocenters. The molecular weight excluding hydrogens is 275 g/mol. The monoisotopic (exact) mass is 289 g/mol. The second kappa shape index (κ2) is 5.96. The standard InChI is InChI=1S/C13H14F3NO3/c1-2-7-20-10-6-4-3-5-9(10)12(17,8-11(18)19)13(14,15)16/h2-6H,1,7-8,17H2,(H,18,19). The largest absolute Gasteiger partial charge is 0.489 e. The molecule has 0 spiro atoms. The van der Waals surface area contributed by atoms with E-state index in [0.29, 0.717) is 0 Å². The number of carboxylic acids is 1. The van der Waals surface area contributed by atoms with Gasteiger partial charge >= 0.3 is 12.1 Å². The number of rotatable bonds is 6. The molecule has 0 radical (unpaired) electrons. The van der Waals surface area contributed by atoms with E-state index in [1.807, 2.05) is 0 Å². The van der Waals surface area contributed by atoms with E-state index in [1.54, 1.807) is 0 Å². The van der Waals surface area contributed by atoms with Crippen LogP contribution in [0.5, 0.6) is 5.75 Å². The summed E-state index contributed by atoms with van der Waals surface area (Å²) in [5.41, 5.74) is 1.92. The van der Waals surface area contributed by atoms with Gasteiger partial charge in [0.1, 0.15) is 12.4 Å². The van der Waals surface area contributed by atoms with Gasteiger partial charge in [-0.15, -0.1) is 0 Å². The number of ether oxygens (including phenoxy) is 1. The van der Waals surface area contributed by atoms with Gasteiger partial charge in [0, 0.05) is 5.56 Å². The summed E-state index contributed by atoms with van der Waals surface area (Å²) in [6, 6.07) is 5.22. The Morgan fingerprint density at radius 2 is 2.00 bits per heavy atom. The van der Waals surface area contributed by atoms with Gasteiger partial charge in [0.25, 0.3) is 0 Å². The summed E-state index contributed by atoms with van der Waals surface area (Å²) in [4.78, 5) is 10.7. The molecule has 7 heteroatoms. The molecule has 0 aliphatic carbocycles. The zero-order chi connectivity index (χ0) is 15.4. The smallest absolute Gasteiger partial charge is 0.411 e. The molecular formula is C13H14F3NO3. The molecule has 1 rings (SSSR count). The van der Waals surface area contributed by atoms with Gasteiger partial charge in [0.15, 0.2) is 5.54 Å². The average molecular weight is 289 g/mol. The van der Waals surface area contributed by atoms with E-state index in [4.69, 9.17) is 15.6 Å². The lowest BCUT2D eigenvalue weighted by molar-refractivity contribution is -0.196. The summed E-state index contributed by atoms with van der Waals surface area (Å²) in [7, 11) is 0. The van der Waals surface area contributed by atoms with E-state index >= 15 is 0 Å². The molecule has 3 N–H and O–H groups in total. The van der Waals surface area contributed by atoms with Crippen LogP contribution in [0.15, 0.2) is 36.9 Å². The van der Waals surface area contributed by atoms with Crippen molar-refractivity contribution in [1.29, 1.82) is 0 Å². The van der Waals surface area contributed by atoms with Crippen LogP contribution in [0.3, 0.4) is 0 Å². The van der Waals surface area contributed by atoms with Crippen molar-refractivity contribution < 1.29 is 27.8 Å². The van der Waals surface area contributed by atoms with Gasteiger partial charge in [0.2, 0.25) is 0 Å². The molecule has 0 saturated carbocycles. The number of carboxylic acid groups (broad SMARTS) is 1. The van der Waals surface area contributed by atoms with Crippen molar-refractivity contribution in [2.75, 3.05) is 6.61 Å². The Balaban J connectivity index is 3.34. The van der Waals surface area contributed by atoms with Crippen LogP contribution in [0, 0.1) is 0 Å². The van der Waals surface area contributed by atoms with Gasteiger partial charge in [0.05, 0.1) is 6.42 Å². The fraction of sp³-hybridized carbons (Fsp3) is 0.308. The van der Waals surface area contributed by atoms with Gasteiger partial charge in [-0.2, -0.15) is 13.2 Å². The number of hydrogen-bond donors (Lipinski definition) is 2. The van der Waals surface area contributed by atoms with Crippen LogP contribution in [0.2, 0.25) is 0 Å². The molecule has 0 bridgehead atoms. The van der Waals surface area contributed by atoms with E-state index in [-0.39, 0.29) is 12.4 Å². The van der Waals surface area contributed by atoms with E-state index in [0.717, 1.165) is 6.07 Å². The van der Waals surface area contributed by atoms with Crippen molar-refractivity contribution in [1.82, 2.24) is 0 Å². The van der Waals surface area contributed by atoms with E-state index in [2.05, 4.69) is 6.58 Å². The predicted molar refractivity (Wildman–Crippen MR) is 66.3 cm³/mol. The summed E-state index contributed by atoms with van der Waals surface area (Å²) < 4.78 is 44.7. The number of carbonyl (C=O) groups is 1. The zero-order valence-electron chi connectivity index (χ0n) is 10.5. The Labute approximate surface area is 113 Å². The Morgan fingerprint density at radius 1 is 1.40 bits per heavy atom. The third-order valence-corrected chi connectivity index (χ3v) is 2.66. The molecule has 0 aliphatic rings. The first-order chi connectivity index (χ1) is 9.22. The van der Waals surface area contributed by atoms with Crippen LogP contribution in [-0.4, -0.2) is 23.9 Å². The Bertz CT molecular complexity index is 502. The van der Waals surface area contributed by atoms with Gasteiger partial charge in [-0.3, -0.25) is 4.79 Å². The van der Waals surface area contributed by atoms with Crippen molar-refractivity contribution in [3.8, 4) is 5.75 Å². The van der Waals surface area contributed by atoms with Crippen LogP contribution in [0.1, 0.15) is 12.0 Å². The van der Waals surface area contributed by atoms with Crippen LogP contribution in [0.25, 0.3) is 0 Å². The molecule has 0 aliphatic heterocycles. The van der Waals surface area contributed by atoms with Crippen molar-refractivity contribution in [2.24, 2.45) is 5.73 Å². The maximum absolute atomic E-state index is 13.2. The van der Waals surface area contributed by atoms with Crippen molar-refractivity contribution in [3.05, 3.63) is 42.5 Å². The zero-order valence-corrected chi connectivity index (χ0v) is 10.5. The SMILES string of the molecule is C=CCOc1ccccc1C(N)(CC(=O)O)C(F)(F)F. The lowest BCUT2D eigenvalue weighted by Crippen LogP contribution is -2.52. The molecule has 1 aromatic rings. The summed E-state index contributed by atoms with van der Waals surface area (Å²) in [6.45, 7) is 3.38. The first-order valence-corrected chi connectivity index (χ1v) is 5.63. The minimum absolute atomic E-state index is 0.0159. The van der Waals surface area contributed by atoms with Crippen LogP contribution in [-0.2, 0) is 10.3 Å². The second-order valence-corrected chi connectivity index (χ2v) is 4.14. The maximum Gasteiger partial charge on any atom is 0.411 e. The quantitative estimate of drug-likeness (QED) is 0.789. The maximum atomic E-state index is 13.2. The highest BCUT2D eigenvalue weighted by Gasteiger charge is 2.55. The topological polar surface area (TPSA) is 72.5 Å². The second-order valence-electron chi connectivity index (χ2n) is 4.14. The number of alkyl halides is 3. The fourth-order valence-corrected chi connectivity index (χ4v) is 1.70. The third-order valence-electron chi connectivity index (χ3n) is 2.66. The average Bonchev–Trinajstić information content (AvgIpc) is 2.34. The Hall–Kier alpha value is -2.02. The molecule has 20 heavy (non-hydrogen) atoms. The lowest BCUT2D eigenvalue weighted by atomic mass is 9.86. The number of nitrogens with two attached hydrogens (primary N) is 1. The van der Waals surface area contributed by atoms with Crippen LogP contribution < -0.4 is 10.5 Å². The fourth-order valence-electron chi connectivity index (χ4n) is 1.70. The molecule has 1 unspecified atom stereocenters. The number of aliphatic carboxylic acids is 1. The van der Waals surface area contributed by atoms with Crippen molar-refractivity contribution >= 4 is 5.97 Å². The summed E-state index contributed by atoms with van der Waals surface area (Å²) in [6.07, 6.45) is -4.86. The van der Waals surface area contributed by atoms with Gasteiger partial charge < -0.3 is 15.6 Å². The summed E-state index contributed by atoms with van der Waals surface area (Å²) in [5.74, 6) is -1.77. The number of halogens is 3. The minimum Gasteiger partial charge on any atom is -0.489 e. The Morgan fingerprint density at radius 3 is 2.50 bits per heavy atom. The molecule has 0 heterocycles. The van der Waals surface area contributed by atoms with Crippen molar-refractivity contribution in [2.45, 2.75) is 18.1 Å². The van der Waals surface area contributed by atoms with Gasteiger partial charge in [-0.25, -0.2) is 0 Å². The normalized spacial score (nSPS) is 14.4. The predicted octanol–water partition coefficient (Wildman–Crippen LogP) is 2.44. The molecule has 0 fully saturated rings. The number of hydrogen-bond acceptors (Lipinski definition) is 3. The minimum atomic E-state index is -4.93. The van der Waals surface area contributed by atoms with E-state index in [9.17, 15) is 18.0 Å². The van der Waals surface area contributed by atoms with Crippen molar-refractivity contribution in [3.63, 3.8) is 0 Å². The molecule has 0 aromatic heterocycles. The lowest BCUT2D eigenvalue weighted by Gasteiger charge is -2.32. The summed E-state index contributed by atoms with van der Waals surface area (Å²) >= 11 is 0. The Kier molecular flexibility index (Phi) is 4.78. The highest BCUT2D eigenvalue weighted by molar-refractivity contribution is 5.69. The first kappa shape index (κ1) is 16.0. The highest BCUT2D eigenvalue weighted by atomic mass is 19.4. The number of para-hydroxylation sites is 1. The molecule has 0 amide bonds. The molecule has 1 aromatic carbocycles. The summed E-state index contributed by atoms with van der Waals surface area (Å²) in [5, 5.41) is 8.70. The first-order valence-electron chi connectivity index (χ1n) is 5.63. The highest BCUT2D eigenvalue weighted by Crippen LogP contribution is 2.43. The number of benzene rings is 1. The van der Waals surface area contributed by atoms with Crippen LogP contribution in [0.4, 0.5) is 13.2 Å². The van der Waals surface area contributed by atoms with E-state index < -0.39 is 29.7 Å². The van der Waals surface area contributed by atoms with Gasteiger partial charge in [-0.1, -0.05) is 30.9 Å². The third kappa shape index (κ3) is 3.30. The van der Waals surface area contributed by atoms with Crippen LogP contribution >= 0.6 is 0 Å². The van der Waals surface area contributed by atoms with E-state index in [1.165, 1.54) is 24.3 Å². The van der Waals surface area contributed by atoms with Gasteiger partial charge in [-0.05, 0) is 6.07 Å². The molecule has 0 saturated heterocycles.